The van der Waals surface area contributed by atoms with E-state index in [1.165, 1.54) is 0 Å². The van der Waals surface area contributed by atoms with Crippen molar-refractivity contribution in [2.75, 3.05) is 10.6 Å². The number of nitrogens with one attached hydrogen (secondary N) is 2. The second kappa shape index (κ2) is 6.11. The number of hydrogen-bond acceptors (Lipinski definition) is 4. The highest BCUT2D eigenvalue weighted by molar-refractivity contribution is 5.88. The maximum atomic E-state index is 4.66. The third kappa shape index (κ3) is 3.21. The van der Waals surface area contributed by atoms with E-state index in [1.807, 2.05) is 0 Å². The van der Waals surface area contributed by atoms with Gasteiger partial charge in [-0.3, -0.25) is 0 Å². The summed E-state index contributed by atoms with van der Waals surface area (Å²) >= 11 is 0. The third-order valence-corrected chi connectivity index (χ3v) is 2.93. The molecule has 0 amide bonds. The van der Waals surface area contributed by atoms with Crippen LogP contribution in [0.25, 0.3) is 11.0 Å². The van der Waals surface area contributed by atoms with Gasteiger partial charge < -0.3 is 15.2 Å². The molecule has 0 fully saturated rings. The van der Waals surface area contributed by atoms with Crippen molar-refractivity contribution in [1.29, 1.82) is 0 Å². The number of hydrogen-bond donors (Lipinski definition) is 2. The SMILES string of the molecule is CCCn1ccc2c(NC(C)C)nc(NC(C)C)nc21. The van der Waals surface area contributed by atoms with Crippen molar-refractivity contribution in [3.05, 3.63) is 12.3 Å². The second-order valence-electron chi connectivity index (χ2n) is 5.74. The molecule has 0 spiro atoms. The maximum Gasteiger partial charge on any atom is 0.226 e. The molecule has 0 aromatic carbocycles. The molecule has 0 aliphatic heterocycles. The molecule has 0 bridgehead atoms. The number of rotatable bonds is 6. The van der Waals surface area contributed by atoms with Gasteiger partial charge in [0.1, 0.15) is 11.5 Å². The Morgan fingerprint density at radius 3 is 2.40 bits per heavy atom. The van der Waals surface area contributed by atoms with Gasteiger partial charge in [-0.05, 0) is 40.2 Å². The summed E-state index contributed by atoms with van der Waals surface area (Å²) in [4.78, 5) is 9.27. The summed E-state index contributed by atoms with van der Waals surface area (Å²) < 4.78 is 2.19. The smallest absolute Gasteiger partial charge is 0.226 e. The highest BCUT2D eigenvalue weighted by atomic mass is 15.2. The molecule has 0 radical (unpaired) electrons. The molecule has 0 unspecified atom stereocenters. The first-order chi connectivity index (χ1) is 9.51. The summed E-state index contributed by atoms with van der Waals surface area (Å²) in [7, 11) is 0. The van der Waals surface area contributed by atoms with Crippen LogP contribution in [0.3, 0.4) is 0 Å². The lowest BCUT2D eigenvalue weighted by molar-refractivity contribution is 0.697. The lowest BCUT2D eigenvalue weighted by Crippen LogP contribution is -2.16. The molecule has 2 heterocycles. The first-order valence-electron chi connectivity index (χ1n) is 7.41. The van der Waals surface area contributed by atoms with Gasteiger partial charge in [-0.25, -0.2) is 0 Å². The van der Waals surface area contributed by atoms with Crippen LogP contribution in [0, 0.1) is 0 Å². The van der Waals surface area contributed by atoms with Crippen molar-refractivity contribution in [1.82, 2.24) is 14.5 Å². The molecule has 0 aliphatic carbocycles. The zero-order valence-electron chi connectivity index (χ0n) is 13.1. The summed E-state index contributed by atoms with van der Waals surface area (Å²) in [5.41, 5.74) is 0.994. The van der Waals surface area contributed by atoms with Crippen molar-refractivity contribution in [2.45, 2.75) is 59.7 Å². The van der Waals surface area contributed by atoms with E-state index in [4.69, 9.17) is 0 Å². The summed E-state index contributed by atoms with van der Waals surface area (Å²) in [5, 5.41) is 7.79. The molecule has 0 aliphatic rings. The topological polar surface area (TPSA) is 54.8 Å². The fourth-order valence-corrected chi connectivity index (χ4v) is 2.19. The number of nitrogens with zero attached hydrogens (tertiary/aromatic N) is 3. The van der Waals surface area contributed by atoms with Crippen molar-refractivity contribution in [2.24, 2.45) is 0 Å². The Morgan fingerprint density at radius 1 is 1.10 bits per heavy atom. The van der Waals surface area contributed by atoms with E-state index in [-0.39, 0.29) is 0 Å². The molecule has 5 heteroatoms. The predicted molar refractivity (Wildman–Crippen MR) is 85.3 cm³/mol. The molecule has 2 aromatic heterocycles. The quantitative estimate of drug-likeness (QED) is 0.847. The Morgan fingerprint density at radius 2 is 1.80 bits per heavy atom. The Kier molecular flexibility index (Phi) is 4.47. The van der Waals surface area contributed by atoms with E-state index < -0.39 is 0 Å². The van der Waals surface area contributed by atoms with E-state index in [0.717, 1.165) is 29.8 Å². The number of aromatic nitrogens is 3. The predicted octanol–water partition coefficient (Wildman–Crippen LogP) is 3.48. The summed E-state index contributed by atoms with van der Waals surface area (Å²) in [6.45, 7) is 11.6. The van der Waals surface area contributed by atoms with E-state index >= 15 is 0 Å². The van der Waals surface area contributed by atoms with Gasteiger partial charge in [-0.2, -0.15) is 9.97 Å². The molecular formula is C15H25N5. The summed E-state index contributed by atoms with van der Waals surface area (Å²) in [5.74, 6) is 1.59. The minimum Gasteiger partial charge on any atom is -0.367 e. The van der Waals surface area contributed by atoms with Crippen LogP contribution < -0.4 is 10.6 Å². The Labute approximate surface area is 120 Å². The molecule has 20 heavy (non-hydrogen) atoms. The van der Waals surface area contributed by atoms with Crippen LogP contribution in [0.5, 0.6) is 0 Å². The lowest BCUT2D eigenvalue weighted by atomic mass is 10.3. The normalized spacial score (nSPS) is 11.6. The third-order valence-electron chi connectivity index (χ3n) is 2.93. The van der Waals surface area contributed by atoms with Gasteiger partial charge in [-0.1, -0.05) is 6.92 Å². The first kappa shape index (κ1) is 14.6. The standard InChI is InChI=1S/C15H25N5/c1-6-8-20-9-7-12-13(16-10(2)3)18-15(17-11(4)5)19-14(12)20/h7,9-11H,6,8H2,1-5H3,(H2,16,17,18,19). The van der Waals surface area contributed by atoms with Crippen molar-refractivity contribution in [3.8, 4) is 0 Å². The van der Waals surface area contributed by atoms with Crippen LogP contribution in [0.1, 0.15) is 41.0 Å². The zero-order chi connectivity index (χ0) is 14.7. The Bertz CT molecular complexity index is 571. The molecular weight excluding hydrogens is 250 g/mol. The van der Waals surface area contributed by atoms with Gasteiger partial charge in [0.15, 0.2) is 0 Å². The number of aryl methyl sites for hydroxylation is 1. The highest BCUT2D eigenvalue weighted by Gasteiger charge is 2.12. The summed E-state index contributed by atoms with van der Waals surface area (Å²) in [6, 6.07) is 2.75. The van der Waals surface area contributed by atoms with Crippen molar-refractivity contribution >= 4 is 22.8 Å². The number of fused-ring (bicyclic) bond motifs is 1. The van der Waals surface area contributed by atoms with Crippen LogP contribution in [0.4, 0.5) is 11.8 Å². The highest BCUT2D eigenvalue weighted by Crippen LogP contribution is 2.24. The Hall–Kier alpha value is -1.78. The first-order valence-corrected chi connectivity index (χ1v) is 7.41. The molecule has 2 rings (SSSR count). The molecule has 2 aromatic rings. The van der Waals surface area contributed by atoms with Crippen LogP contribution in [-0.4, -0.2) is 26.6 Å². The van der Waals surface area contributed by atoms with Gasteiger partial charge in [0.05, 0.1) is 5.39 Å². The van der Waals surface area contributed by atoms with Crippen molar-refractivity contribution in [3.63, 3.8) is 0 Å². The average Bonchev–Trinajstić information content (AvgIpc) is 2.72. The van der Waals surface area contributed by atoms with Crippen LogP contribution in [0.15, 0.2) is 12.3 Å². The molecule has 0 saturated heterocycles. The van der Waals surface area contributed by atoms with Gasteiger partial charge in [0.2, 0.25) is 5.95 Å². The lowest BCUT2D eigenvalue weighted by Gasteiger charge is -2.14. The molecule has 110 valence electrons. The van der Waals surface area contributed by atoms with Gasteiger partial charge >= 0.3 is 0 Å². The molecule has 2 N–H and O–H groups in total. The Balaban J connectivity index is 2.50. The minimum absolute atomic E-state index is 0.314. The van der Waals surface area contributed by atoms with Gasteiger partial charge in [0, 0.05) is 24.8 Å². The largest absolute Gasteiger partial charge is 0.367 e. The van der Waals surface area contributed by atoms with E-state index in [0.29, 0.717) is 18.0 Å². The number of anilines is 2. The molecule has 0 atom stereocenters. The molecule has 5 nitrogen and oxygen atoms in total. The van der Waals surface area contributed by atoms with E-state index in [9.17, 15) is 0 Å². The van der Waals surface area contributed by atoms with Crippen LogP contribution in [-0.2, 0) is 6.54 Å². The van der Waals surface area contributed by atoms with Crippen LogP contribution in [0.2, 0.25) is 0 Å². The van der Waals surface area contributed by atoms with E-state index in [1.54, 1.807) is 0 Å². The fraction of sp³-hybridized carbons (Fsp3) is 0.600. The van der Waals surface area contributed by atoms with Gasteiger partial charge in [0.25, 0.3) is 0 Å². The van der Waals surface area contributed by atoms with Crippen molar-refractivity contribution < 1.29 is 0 Å². The second-order valence-corrected chi connectivity index (χ2v) is 5.74. The molecule has 0 saturated carbocycles. The average molecular weight is 275 g/mol. The summed E-state index contributed by atoms with van der Waals surface area (Å²) in [6.07, 6.45) is 3.18. The van der Waals surface area contributed by atoms with Crippen LogP contribution >= 0.6 is 0 Å². The fourth-order valence-electron chi connectivity index (χ4n) is 2.19. The zero-order valence-corrected chi connectivity index (χ0v) is 13.1. The maximum absolute atomic E-state index is 4.66. The van der Waals surface area contributed by atoms with Gasteiger partial charge in [-0.15, -0.1) is 0 Å². The minimum atomic E-state index is 0.314. The van der Waals surface area contributed by atoms with E-state index in [2.05, 4.69) is 72.1 Å². The monoisotopic (exact) mass is 275 g/mol.